The van der Waals surface area contributed by atoms with E-state index in [2.05, 4.69) is 0 Å². The van der Waals surface area contributed by atoms with Crippen molar-refractivity contribution < 1.29 is 19.4 Å². The molecule has 0 saturated carbocycles. The Morgan fingerprint density at radius 2 is 1.80 bits per heavy atom. The number of carboxylic acid groups (broad SMARTS) is 1. The van der Waals surface area contributed by atoms with Gasteiger partial charge in [0.25, 0.3) is 0 Å². The first kappa shape index (κ1) is 14.1. The van der Waals surface area contributed by atoms with Gasteiger partial charge >= 0.3 is 11.9 Å². The number of carbonyl (C=O) groups is 2. The molecule has 0 radical (unpaired) electrons. The molecular weight excluding hydrogens is 256 g/mol. The molecule has 1 aromatic carbocycles. The van der Waals surface area contributed by atoms with Gasteiger partial charge in [0, 0.05) is 0 Å². The van der Waals surface area contributed by atoms with Crippen molar-refractivity contribution in [3.63, 3.8) is 0 Å². The van der Waals surface area contributed by atoms with Crippen LogP contribution in [-0.4, -0.2) is 17.0 Å². The summed E-state index contributed by atoms with van der Waals surface area (Å²) in [7, 11) is 0. The molecule has 1 aromatic rings. The van der Waals surface area contributed by atoms with Crippen molar-refractivity contribution in [2.45, 2.75) is 25.9 Å². The van der Waals surface area contributed by atoms with Gasteiger partial charge in [-0.2, -0.15) is 0 Å². The van der Waals surface area contributed by atoms with E-state index in [1.807, 2.05) is 12.2 Å². The molecule has 0 saturated heterocycles. The van der Waals surface area contributed by atoms with E-state index in [9.17, 15) is 9.59 Å². The number of rotatable bonds is 5. The van der Waals surface area contributed by atoms with Crippen LogP contribution in [0, 0.1) is 0 Å². The van der Waals surface area contributed by atoms with Crippen LogP contribution in [-0.2, 0) is 27.4 Å². The van der Waals surface area contributed by atoms with Gasteiger partial charge in [0.1, 0.15) is 6.61 Å². The second kappa shape index (κ2) is 6.70. The lowest BCUT2D eigenvalue weighted by Gasteiger charge is -2.08. The molecule has 0 amide bonds. The molecule has 0 aromatic heterocycles. The minimum absolute atomic E-state index is 0.00223. The average Bonchev–Trinajstić information content (AvgIpc) is 2.46. The zero-order valence-electron chi connectivity index (χ0n) is 11.0. The summed E-state index contributed by atoms with van der Waals surface area (Å²) in [6.07, 6.45) is 7.43. The molecule has 4 heteroatoms. The zero-order chi connectivity index (χ0) is 14.4. The van der Waals surface area contributed by atoms with Gasteiger partial charge in [-0.1, -0.05) is 42.5 Å². The van der Waals surface area contributed by atoms with Gasteiger partial charge in [0.05, 0.1) is 12.0 Å². The molecule has 0 unspecified atom stereocenters. The summed E-state index contributed by atoms with van der Waals surface area (Å²) in [5.41, 5.74) is 2.16. The van der Waals surface area contributed by atoms with Crippen molar-refractivity contribution in [2.75, 3.05) is 0 Å². The summed E-state index contributed by atoms with van der Waals surface area (Å²) in [6.45, 7) is 0.192. The predicted molar refractivity (Wildman–Crippen MR) is 74.0 cm³/mol. The first-order valence-electron chi connectivity index (χ1n) is 6.48. The van der Waals surface area contributed by atoms with E-state index >= 15 is 0 Å². The van der Waals surface area contributed by atoms with Gasteiger partial charge in [-0.05, 0) is 24.0 Å². The Balaban J connectivity index is 1.87. The van der Waals surface area contributed by atoms with Crippen LogP contribution in [0.1, 0.15) is 24.0 Å². The third-order valence-electron chi connectivity index (χ3n) is 2.98. The van der Waals surface area contributed by atoms with Gasteiger partial charge in [-0.3, -0.25) is 4.79 Å². The minimum atomic E-state index is -0.861. The van der Waals surface area contributed by atoms with Crippen molar-refractivity contribution in [3.05, 3.63) is 59.2 Å². The monoisotopic (exact) mass is 272 g/mol. The first-order valence-corrected chi connectivity index (χ1v) is 6.48. The summed E-state index contributed by atoms with van der Waals surface area (Å²) in [6, 6.07) is 7.02. The number of carboxylic acids is 1. The highest BCUT2D eigenvalue weighted by Gasteiger charge is 2.10. The largest absolute Gasteiger partial charge is 0.481 e. The second-order valence-corrected chi connectivity index (χ2v) is 4.60. The maximum atomic E-state index is 11.8. The lowest BCUT2D eigenvalue weighted by Crippen LogP contribution is -2.08. The molecule has 0 fully saturated rings. The molecule has 4 nitrogen and oxygen atoms in total. The van der Waals surface area contributed by atoms with Crippen LogP contribution in [0.4, 0.5) is 0 Å². The minimum Gasteiger partial charge on any atom is -0.481 e. The average molecular weight is 272 g/mol. The van der Waals surface area contributed by atoms with E-state index in [-0.39, 0.29) is 19.0 Å². The third-order valence-corrected chi connectivity index (χ3v) is 2.98. The number of ether oxygens (including phenoxy) is 1. The quantitative estimate of drug-likeness (QED) is 0.837. The fourth-order valence-electron chi connectivity index (χ4n) is 1.92. The molecule has 0 atom stereocenters. The molecule has 0 spiro atoms. The maximum absolute atomic E-state index is 11.8. The Labute approximate surface area is 117 Å². The normalized spacial score (nSPS) is 13.7. The van der Waals surface area contributed by atoms with E-state index in [0.717, 1.165) is 24.0 Å². The Morgan fingerprint density at radius 1 is 1.10 bits per heavy atom. The van der Waals surface area contributed by atoms with Gasteiger partial charge in [0.2, 0.25) is 0 Å². The molecule has 0 aliphatic heterocycles. The highest BCUT2D eigenvalue weighted by Crippen LogP contribution is 2.13. The molecule has 0 heterocycles. The predicted octanol–water partition coefficient (Wildman–Crippen LogP) is 2.63. The standard InChI is InChI=1S/C16H16O4/c17-15(18)10-12-6-8-13(9-7-12)11-20-16(19)14-4-2-1-3-5-14/h2,4-9H,1,3,10-11H2,(H,17,18). The van der Waals surface area contributed by atoms with Crippen LogP contribution in [0.3, 0.4) is 0 Å². The maximum Gasteiger partial charge on any atom is 0.338 e. The molecule has 1 aliphatic rings. The summed E-state index contributed by atoms with van der Waals surface area (Å²) in [4.78, 5) is 22.3. The lowest BCUT2D eigenvalue weighted by molar-refractivity contribution is -0.140. The number of hydrogen-bond donors (Lipinski definition) is 1. The Kier molecular flexibility index (Phi) is 4.71. The number of carbonyl (C=O) groups excluding carboxylic acids is 1. The first-order chi connectivity index (χ1) is 9.65. The summed E-state index contributed by atoms with van der Waals surface area (Å²) < 4.78 is 5.21. The highest BCUT2D eigenvalue weighted by molar-refractivity contribution is 5.91. The van der Waals surface area contributed by atoms with Crippen LogP contribution in [0.25, 0.3) is 0 Å². The van der Waals surface area contributed by atoms with Gasteiger partial charge in [-0.15, -0.1) is 0 Å². The highest BCUT2D eigenvalue weighted by atomic mass is 16.5. The number of benzene rings is 1. The summed E-state index contributed by atoms with van der Waals surface area (Å²) in [5, 5.41) is 8.67. The second-order valence-electron chi connectivity index (χ2n) is 4.60. The van der Waals surface area contributed by atoms with Gasteiger partial charge in [0.15, 0.2) is 0 Å². The van der Waals surface area contributed by atoms with Crippen molar-refractivity contribution in [1.29, 1.82) is 0 Å². The number of esters is 1. The number of allylic oxidation sites excluding steroid dienone is 2. The Bertz CT molecular complexity index is 552. The van der Waals surface area contributed by atoms with Gasteiger partial charge < -0.3 is 9.84 Å². The fraction of sp³-hybridized carbons (Fsp3) is 0.250. The third kappa shape index (κ3) is 4.09. The SMILES string of the molecule is O=C(O)Cc1ccc(COC(=O)C2=CCCC=C2)cc1. The summed E-state index contributed by atoms with van der Waals surface area (Å²) >= 11 is 0. The zero-order valence-corrected chi connectivity index (χ0v) is 11.0. The smallest absolute Gasteiger partial charge is 0.338 e. The van der Waals surface area contributed by atoms with Crippen molar-refractivity contribution in [1.82, 2.24) is 0 Å². The van der Waals surface area contributed by atoms with Crippen molar-refractivity contribution in [3.8, 4) is 0 Å². The van der Waals surface area contributed by atoms with E-state index in [1.54, 1.807) is 30.3 Å². The molecule has 1 N–H and O–H groups in total. The fourth-order valence-corrected chi connectivity index (χ4v) is 1.92. The van der Waals surface area contributed by atoms with Gasteiger partial charge in [-0.25, -0.2) is 4.79 Å². The topological polar surface area (TPSA) is 63.6 Å². The van der Waals surface area contributed by atoms with E-state index in [0.29, 0.717) is 5.57 Å². The molecule has 2 rings (SSSR count). The van der Waals surface area contributed by atoms with Crippen molar-refractivity contribution >= 4 is 11.9 Å². The van der Waals surface area contributed by atoms with E-state index in [1.165, 1.54) is 0 Å². The van der Waals surface area contributed by atoms with Crippen LogP contribution in [0.5, 0.6) is 0 Å². The van der Waals surface area contributed by atoms with Crippen LogP contribution < -0.4 is 0 Å². The molecule has 20 heavy (non-hydrogen) atoms. The Morgan fingerprint density at radius 3 is 2.40 bits per heavy atom. The molecule has 1 aliphatic carbocycles. The molecule has 0 bridgehead atoms. The van der Waals surface area contributed by atoms with Crippen LogP contribution >= 0.6 is 0 Å². The summed E-state index contributed by atoms with van der Waals surface area (Å²) in [5.74, 6) is -1.18. The van der Waals surface area contributed by atoms with Crippen LogP contribution in [0.2, 0.25) is 0 Å². The van der Waals surface area contributed by atoms with E-state index < -0.39 is 5.97 Å². The van der Waals surface area contributed by atoms with Crippen molar-refractivity contribution in [2.24, 2.45) is 0 Å². The molecule has 104 valence electrons. The molecular formula is C16H16O4. The number of hydrogen-bond acceptors (Lipinski definition) is 3. The Hall–Kier alpha value is -2.36. The van der Waals surface area contributed by atoms with E-state index in [4.69, 9.17) is 9.84 Å². The van der Waals surface area contributed by atoms with Crippen LogP contribution in [0.15, 0.2) is 48.1 Å². The lowest BCUT2D eigenvalue weighted by atomic mass is 10.1. The number of aliphatic carboxylic acids is 1.